The van der Waals surface area contributed by atoms with Crippen LogP contribution in [0.3, 0.4) is 0 Å². The Kier molecular flexibility index (Phi) is 7.05. The number of hydrogen-bond donors (Lipinski definition) is 1. The summed E-state index contributed by atoms with van der Waals surface area (Å²) in [5, 5.41) is 9.03. The van der Waals surface area contributed by atoms with Crippen molar-refractivity contribution in [3.05, 3.63) is 59.5 Å². The topological polar surface area (TPSA) is 78.2 Å². The highest BCUT2D eigenvalue weighted by Crippen LogP contribution is 2.33. The quantitative estimate of drug-likeness (QED) is 0.725. The lowest BCUT2D eigenvalue weighted by Crippen LogP contribution is -2.44. The highest BCUT2D eigenvalue weighted by Gasteiger charge is 2.35. The van der Waals surface area contributed by atoms with Crippen LogP contribution in [0, 0.1) is 6.92 Å². The van der Waals surface area contributed by atoms with E-state index < -0.39 is 0 Å². The predicted octanol–water partition coefficient (Wildman–Crippen LogP) is 3.11. The first kappa shape index (κ1) is 21.8. The molecule has 7 heteroatoms. The number of nitrogens with one attached hydrogen (secondary N) is 1. The molecule has 7 nitrogen and oxygen atoms in total. The second kappa shape index (κ2) is 9.71. The zero-order valence-electron chi connectivity index (χ0n) is 18.1. The molecular weight excluding hydrogens is 380 g/mol. The van der Waals surface area contributed by atoms with Crippen LogP contribution in [0.5, 0.6) is 0 Å². The lowest BCUT2D eigenvalue weighted by Gasteiger charge is -2.25. The summed E-state index contributed by atoms with van der Waals surface area (Å²) in [6, 6.07) is 11.6. The molecular formula is C23H30N4O3. The van der Waals surface area contributed by atoms with Gasteiger partial charge in [0, 0.05) is 12.5 Å². The smallest absolute Gasteiger partial charge is 0.257 e. The van der Waals surface area contributed by atoms with Gasteiger partial charge in [-0.05, 0) is 45.0 Å². The fraction of sp³-hybridized carbons (Fsp3) is 0.435. The number of hydrogen-bond acceptors (Lipinski definition) is 5. The average Bonchev–Trinajstić information content (AvgIpc) is 3.37. The Morgan fingerprint density at radius 2 is 1.97 bits per heavy atom. The van der Waals surface area contributed by atoms with Crippen molar-refractivity contribution in [1.29, 1.82) is 0 Å². The van der Waals surface area contributed by atoms with Crippen LogP contribution >= 0.6 is 0 Å². The van der Waals surface area contributed by atoms with E-state index in [-0.39, 0.29) is 37.0 Å². The fourth-order valence-electron chi connectivity index (χ4n) is 3.48. The Hall–Kier alpha value is -2.93. The van der Waals surface area contributed by atoms with Crippen molar-refractivity contribution in [3.8, 4) is 0 Å². The average molecular weight is 411 g/mol. The Labute approximate surface area is 177 Å². The molecule has 0 bridgehead atoms. The summed E-state index contributed by atoms with van der Waals surface area (Å²) in [4.78, 5) is 27.1. The molecule has 0 saturated heterocycles. The van der Waals surface area contributed by atoms with Crippen LogP contribution in [0.15, 0.2) is 52.2 Å². The monoisotopic (exact) mass is 410 g/mol. The second-order valence-electron chi connectivity index (χ2n) is 7.91. The van der Waals surface area contributed by atoms with Crippen LogP contribution in [-0.2, 0) is 9.59 Å². The van der Waals surface area contributed by atoms with Gasteiger partial charge in [-0.15, -0.1) is 0 Å². The molecule has 2 heterocycles. The molecule has 1 aromatic heterocycles. The number of hydrazone groups is 1. The molecule has 0 radical (unpaired) electrons. The van der Waals surface area contributed by atoms with Crippen molar-refractivity contribution in [2.24, 2.45) is 5.10 Å². The first-order valence-electron chi connectivity index (χ1n) is 10.4. The number of nitrogens with zero attached hydrogens (tertiary/aromatic N) is 3. The van der Waals surface area contributed by atoms with Gasteiger partial charge in [0.2, 0.25) is 5.91 Å². The summed E-state index contributed by atoms with van der Waals surface area (Å²) < 4.78 is 5.60. The molecule has 1 N–H and O–H groups in total. The standard InChI is InChI=1S/C23H30N4O3/c1-5-26(14-22(28)24-16(2)3)15-23(29)27-20(21-7-6-12-30-21)13-19(25-27)18-10-8-17(4)9-11-18/h6-12,16,20H,5,13-15H2,1-4H3,(H,24,28). The molecule has 3 rings (SSSR count). The minimum absolute atomic E-state index is 0.0653. The summed E-state index contributed by atoms with van der Waals surface area (Å²) in [6.45, 7) is 8.68. The van der Waals surface area contributed by atoms with E-state index in [2.05, 4.69) is 10.4 Å². The molecule has 2 amide bonds. The number of rotatable bonds is 8. The molecule has 0 spiro atoms. The van der Waals surface area contributed by atoms with E-state index in [4.69, 9.17) is 4.42 Å². The van der Waals surface area contributed by atoms with E-state index >= 15 is 0 Å². The summed E-state index contributed by atoms with van der Waals surface area (Å²) in [5.74, 6) is 0.458. The minimum Gasteiger partial charge on any atom is -0.467 e. The van der Waals surface area contributed by atoms with Crippen molar-refractivity contribution in [2.45, 2.75) is 46.2 Å². The Bertz CT molecular complexity index is 888. The predicted molar refractivity (Wildman–Crippen MR) is 116 cm³/mol. The van der Waals surface area contributed by atoms with Gasteiger partial charge < -0.3 is 9.73 Å². The van der Waals surface area contributed by atoms with Gasteiger partial charge in [-0.1, -0.05) is 36.8 Å². The van der Waals surface area contributed by atoms with Crippen molar-refractivity contribution < 1.29 is 14.0 Å². The Morgan fingerprint density at radius 1 is 1.23 bits per heavy atom. The van der Waals surface area contributed by atoms with Gasteiger partial charge in [-0.25, -0.2) is 5.01 Å². The second-order valence-corrected chi connectivity index (χ2v) is 7.91. The van der Waals surface area contributed by atoms with Crippen molar-refractivity contribution in [2.75, 3.05) is 19.6 Å². The number of carbonyl (C=O) groups excluding carboxylic acids is 2. The number of aryl methyl sites for hydroxylation is 1. The number of carbonyl (C=O) groups is 2. The number of amides is 2. The fourth-order valence-corrected chi connectivity index (χ4v) is 3.48. The number of likely N-dealkylation sites (N-methyl/N-ethyl adjacent to an activating group) is 1. The van der Waals surface area contributed by atoms with Gasteiger partial charge >= 0.3 is 0 Å². The number of benzene rings is 1. The van der Waals surface area contributed by atoms with Crippen molar-refractivity contribution in [3.63, 3.8) is 0 Å². The minimum atomic E-state index is -0.285. The molecule has 30 heavy (non-hydrogen) atoms. The van der Waals surface area contributed by atoms with Gasteiger partial charge in [-0.3, -0.25) is 14.5 Å². The zero-order chi connectivity index (χ0) is 21.7. The van der Waals surface area contributed by atoms with Crippen molar-refractivity contribution >= 4 is 17.5 Å². The molecule has 1 unspecified atom stereocenters. The maximum Gasteiger partial charge on any atom is 0.257 e. The third kappa shape index (κ3) is 5.36. The normalized spacial score (nSPS) is 16.3. The van der Waals surface area contributed by atoms with E-state index in [0.717, 1.165) is 11.3 Å². The van der Waals surface area contributed by atoms with Crippen LogP contribution in [0.2, 0.25) is 0 Å². The first-order valence-corrected chi connectivity index (χ1v) is 10.4. The van der Waals surface area contributed by atoms with Gasteiger partial charge in [-0.2, -0.15) is 5.10 Å². The molecule has 1 aliphatic rings. The molecule has 0 saturated carbocycles. The maximum atomic E-state index is 13.2. The van der Waals surface area contributed by atoms with E-state index in [1.807, 2.05) is 69.0 Å². The third-order valence-corrected chi connectivity index (χ3v) is 5.05. The largest absolute Gasteiger partial charge is 0.467 e. The Balaban J connectivity index is 1.77. The van der Waals surface area contributed by atoms with Gasteiger partial charge in [0.1, 0.15) is 11.8 Å². The summed E-state index contributed by atoms with van der Waals surface area (Å²) in [6.07, 6.45) is 2.19. The van der Waals surface area contributed by atoms with Crippen molar-refractivity contribution in [1.82, 2.24) is 15.2 Å². The molecule has 2 aromatic rings. The first-order chi connectivity index (χ1) is 14.4. The van der Waals surface area contributed by atoms with Gasteiger partial charge in [0.15, 0.2) is 0 Å². The van der Waals surface area contributed by atoms with Crippen LogP contribution in [0.4, 0.5) is 0 Å². The van der Waals surface area contributed by atoms with Crippen LogP contribution < -0.4 is 5.32 Å². The molecule has 0 fully saturated rings. The van der Waals surface area contributed by atoms with E-state index in [1.165, 1.54) is 10.6 Å². The van der Waals surface area contributed by atoms with E-state index in [9.17, 15) is 9.59 Å². The molecule has 1 aliphatic heterocycles. The van der Waals surface area contributed by atoms with Gasteiger partial charge in [0.25, 0.3) is 5.91 Å². The lowest BCUT2D eigenvalue weighted by atomic mass is 10.0. The van der Waals surface area contributed by atoms with E-state index in [0.29, 0.717) is 18.7 Å². The van der Waals surface area contributed by atoms with Crippen LogP contribution in [0.25, 0.3) is 0 Å². The lowest BCUT2D eigenvalue weighted by molar-refractivity contribution is -0.135. The highest BCUT2D eigenvalue weighted by atomic mass is 16.3. The zero-order valence-corrected chi connectivity index (χ0v) is 18.1. The molecule has 1 aromatic carbocycles. The summed E-state index contributed by atoms with van der Waals surface area (Å²) >= 11 is 0. The Morgan fingerprint density at radius 3 is 2.57 bits per heavy atom. The van der Waals surface area contributed by atoms with Crippen LogP contribution in [0.1, 0.15) is 50.1 Å². The molecule has 160 valence electrons. The van der Waals surface area contributed by atoms with Gasteiger partial charge in [0.05, 0.1) is 25.1 Å². The van der Waals surface area contributed by atoms with E-state index in [1.54, 1.807) is 6.26 Å². The summed E-state index contributed by atoms with van der Waals surface area (Å²) in [5.41, 5.74) is 3.02. The maximum absolute atomic E-state index is 13.2. The number of furan rings is 1. The summed E-state index contributed by atoms with van der Waals surface area (Å²) in [7, 11) is 0. The molecule has 0 aliphatic carbocycles. The SMILES string of the molecule is CCN(CC(=O)NC(C)C)CC(=O)N1N=C(c2ccc(C)cc2)CC1c1ccco1. The highest BCUT2D eigenvalue weighted by molar-refractivity contribution is 6.03. The molecule has 1 atom stereocenters. The third-order valence-electron chi connectivity index (χ3n) is 5.05. The van der Waals surface area contributed by atoms with Crippen LogP contribution in [-0.4, -0.2) is 53.1 Å².